The molecule has 1 heterocycles. The molecule has 0 unspecified atom stereocenters. The van der Waals surface area contributed by atoms with Gasteiger partial charge in [0.15, 0.2) is 0 Å². The molecule has 0 atom stereocenters. The molecule has 3 rings (SSSR count). The number of aromatic nitrogens is 2. The van der Waals surface area contributed by atoms with Gasteiger partial charge in [0.1, 0.15) is 11.6 Å². The van der Waals surface area contributed by atoms with Gasteiger partial charge in [-0.15, -0.1) is 0 Å². The van der Waals surface area contributed by atoms with Gasteiger partial charge in [-0.25, -0.2) is 4.98 Å². The summed E-state index contributed by atoms with van der Waals surface area (Å²) in [6, 6.07) is 15.8. The second-order valence-electron chi connectivity index (χ2n) is 4.90. The Morgan fingerprint density at radius 3 is 2.41 bits per heavy atom. The van der Waals surface area contributed by atoms with Crippen LogP contribution in [-0.2, 0) is 0 Å². The molecule has 1 aromatic heterocycles. The van der Waals surface area contributed by atoms with E-state index in [0.29, 0.717) is 5.95 Å². The minimum Gasteiger partial charge on any atom is -0.497 e. The van der Waals surface area contributed by atoms with Crippen LogP contribution in [0.15, 0.2) is 48.5 Å². The minimum absolute atomic E-state index is 0.646. The summed E-state index contributed by atoms with van der Waals surface area (Å²) in [5, 5.41) is 4.15. The van der Waals surface area contributed by atoms with Crippen molar-refractivity contribution in [3.05, 3.63) is 48.5 Å². The van der Waals surface area contributed by atoms with E-state index in [1.165, 1.54) is 0 Å². The predicted octanol–water partition coefficient (Wildman–Crippen LogP) is 3.45. The van der Waals surface area contributed by atoms with Crippen molar-refractivity contribution in [2.45, 2.75) is 0 Å². The van der Waals surface area contributed by atoms with Crippen molar-refractivity contribution in [1.82, 2.24) is 9.97 Å². The van der Waals surface area contributed by atoms with E-state index >= 15 is 0 Å². The lowest BCUT2D eigenvalue weighted by Crippen LogP contribution is -2.14. The maximum atomic E-state index is 5.19. The fraction of sp³-hybridized carbons (Fsp3) is 0.176. The van der Waals surface area contributed by atoms with Gasteiger partial charge >= 0.3 is 0 Å². The molecule has 1 N–H and O–H groups in total. The first-order valence-electron chi connectivity index (χ1n) is 7.05. The standard InChI is InChI=1S/C17H18N4O/c1-18-16-14-6-4-5-7-15(14)19-17(20-16)21(2)12-8-10-13(22-3)11-9-12/h4-11H,1-3H3,(H,18,19,20). The Morgan fingerprint density at radius 2 is 1.73 bits per heavy atom. The molecule has 0 fully saturated rings. The van der Waals surface area contributed by atoms with Crippen LogP contribution in [0.5, 0.6) is 5.75 Å². The van der Waals surface area contributed by atoms with Crippen LogP contribution in [0, 0.1) is 0 Å². The fourth-order valence-corrected chi connectivity index (χ4v) is 2.33. The Kier molecular flexibility index (Phi) is 3.78. The third-order valence-electron chi connectivity index (χ3n) is 3.59. The molecule has 0 saturated carbocycles. The van der Waals surface area contributed by atoms with E-state index in [-0.39, 0.29) is 0 Å². The molecule has 3 aromatic rings. The Labute approximate surface area is 129 Å². The summed E-state index contributed by atoms with van der Waals surface area (Å²) < 4.78 is 5.19. The number of fused-ring (bicyclic) bond motifs is 1. The summed E-state index contributed by atoms with van der Waals surface area (Å²) >= 11 is 0. The number of hydrogen-bond acceptors (Lipinski definition) is 5. The van der Waals surface area contributed by atoms with Gasteiger partial charge in [0.05, 0.1) is 12.6 Å². The lowest BCUT2D eigenvalue weighted by atomic mass is 10.2. The zero-order chi connectivity index (χ0) is 15.5. The van der Waals surface area contributed by atoms with Crippen molar-refractivity contribution >= 4 is 28.4 Å². The van der Waals surface area contributed by atoms with Crippen molar-refractivity contribution in [1.29, 1.82) is 0 Å². The maximum Gasteiger partial charge on any atom is 0.232 e. The lowest BCUT2D eigenvalue weighted by molar-refractivity contribution is 0.415. The second-order valence-corrected chi connectivity index (χ2v) is 4.90. The van der Waals surface area contributed by atoms with Crippen molar-refractivity contribution < 1.29 is 4.74 Å². The number of rotatable bonds is 4. The summed E-state index contributed by atoms with van der Waals surface area (Å²) in [6.45, 7) is 0. The minimum atomic E-state index is 0.646. The zero-order valence-electron chi connectivity index (χ0n) is 12.9. The third kappa shape index (κ3) is 2.53. The topological polar surface area (TPSA) is 50.3 Å². The van der Waals surface area contributed by atoms with E-state index in [0.717, 1.165) is 28.2 Å². The van der Waals surface area contributed by atoms with Crippen LogP contribution in [0.2, 0.25) is 0 Å². The van der Waals surface area contributed by atoms with Gasteiger partial charge in [-0.3, -0.25) is 0 Å². The van der Waals surface area contributed by atoms with Crippen molar-refractivity contribution in [2.75, 3.05) is 31.4 Å². The Morgan fingerprint density at radius 1 is 1.00 bits per heavy atom. The average molecular weight is 294 g/mol. The van der Waals surface area contributed by atoms with Crippen molar-refractivity contribution in [2.24, 2.45) is 0 Å². The molecule has 0 aliphatic rings. The van der Waals surface area contributed by atoms with Crippen LogP contribution in [0.3, 0.4) is 0 Å². The summed E-state index contributed by atoms with van der Waals surface area (Å²) in [5.41, 5.74) is 1.91. The van der Waals surface area contributed by atoms with Crippen LogP contribution in [-0.4, -0.2) is 31.2 Å². The molecule has 2 aromatic carbocycles. The molecule has 0 saturated heterocycles. The zero-order valence-corrected chi connectivity index (χ0v) is 12.9. The summed E-state index contributed by atoms with van der Waals surface area (Å²) in [4.78, 5) is 11.2. The lowest BCUT2D eigenvalue weighted by Gasteiger charge is -2.19. The number of nitrogens with one attached hydrogen (secondary N) is 1. The van der Waals surface area contributed by atoms with Crippen molar-refractivity contribution in [3.8, 4) is 5.75 Å². The summed E-state index contributed by atoms with van der Waals surface area (Å²) in [7, 11) is 5.47. The molecule has 112 valence electrons. The number of anilines is 3. The van der Waals surface area contributed by atoms with Gasteiger partial charge in [-0.05, 0) is 36.4 Å². The number of methoxy groups -OCH3 is 1. The highest BCUT2D eigenvalue weighted by atomic mass is 16.5. The maximum absolute atomic E-state index is 5.19. The predicted molar refractivity (Wildman–Crippen MR) is 90.1 cm³/mol. The van der Waals surface area contributed by atoms with E-state index in [4.69, 9.17) is 4.74 Å². The van der Waals surface area contributed by atoms with Gasteiger partial charge in [0, 0.05) is 25.2 Å². The number of benzene rings is 2. The third-order valence-corrected chi connectivity index (χ3v) is 3.59. The van der Waals surface area contributed by atoms with Crippen molar-refractivity contribution in [3.63, 3.8) is 0 Å². The smallest absolute Gasteiger partial charge is 0.232 e. The molecule has 5 nitrogen and oxygen atoms in total. The van der Waals surface area contributed by atoms with E-state index in [9.17, 15) is 0 Å². The molecule has 0 bridgehead atoms. The molecule has 5 heteroatoms. The van der Waals surface area contributed by atoms with Crippen LogP contribution in [0.25, 0.3) is 10.9 Å². The first-order valence-corrected chi connectivity index (χ1v) is 7.05. The van der Waals surface area contributed by atoms with Gasteiger partial charge < -0.3 is 15.0 Å². The molecule has 0 radical (unpaired) electrons. The largest absolute Gasteiger partial charge is 0.497 e. The molecule has 0 amide bonds. The highest BCUT2D eigenvalue weighted by Crippen LogP contribution is 2.27. The molecule has 0 aliphatic heterocycles. The van der Waals surface area contributed by atoms with Crippen LogP contribution in [0.4, 0.5) is 17.5 Å². The van der Waals surface area contributed by atoms with E-state index < -0.39 is 0 Å². The van der Waals surface area contributed by atoms with Crippen LogP contribution in [0.1, 0.15) is 0 Å². The molecule has 22 heavy (non-hydrogen) atoms. The number of hydrogen-bond donors (Lipinski definition) is 1. The Balaban J connectivity index is 2.04. The number of para-hydroxylation sites is 1. The van der Waals surface area contributed by atoms with E-state index in [2.05, 4.69) is 15.3 Å². The first-order chi connectivity index (χ1) is 10.7. The highest BCUT2D eigenvalue weighted by molar-refractivity contribution is 5.90. The highest BCUT2D eigenvalue weighted by Gasteiger charge is 2.11. The van der Waals surface area contributed by atoms with Crippen LogP contribution >= 0.6 is 0 Å². The first kappa shape index (κ1) is 14.1. The SMILES string of the molecule is CNc1nc(N(C)c2ccc(OC)cc2)nc2ccccc12. The van der Waals surface area contributed by atoms with Gasteiger partial charge in [-0.2, -0.15) is 4.98 Å². The van der Waals surface area contributed by atoms with E-state index in [1.807, 2.05) is 67.5 Å². The summed E-state index contributed by atoms with van der Waals surface area (Å²) in [6.07, 6.45) is 0. The Bertz CT molecular complexity index is 786. The molecule has 0 spiro atoms. The fourth-order valence-electron chi connectivity index (χ4n) is 2.33. The molecular weight excluding hydrogens is 276 g/mol. The van der Waals surface area contributed by atoms with Crippen LogP contribution < -0.4 is 15.0 Å². The monoisotopic (exact) mass is 294 g/mol. The van der Waals surface area contributed by atoms with Gasteiger partial charge in [-0.1, -0.05) is 12.1 Å². The van der Waals surface area contributed by atoms with Gasteiger partial charge in [0.2, 0.25) is 5.95 Å². The molecule has 0 aliphatic carbocycles. The number of nitrogens with zero attached hydrogens (tertiary/aromatic N) is 3. The second kappa shape index (κ2) is 5.89. The van der Waals surface area contributed by atoms with Gasteiger partial charge in [0.25, 0.3) is 0 Å². The molecular formula is C17H18N4O. The normalized spacial score (nSPS) is 10.5. The summed E-state index contributed by atoms with van der Waals surface area (Å²) in [5.74, 6) is 2.29. The van der Waals surface area contributed by atoms with E-state index in [1.54, 1.807) is 7.11 Å². The number of ether oxygens (including phenoxy) is 1. The average Bonchev–Trinajstić information content (AvgIpc) is 2.60. The quantitative estimate of drug-likeness (QED) is 0.798. The Hall–Kier alpha value is -2.82.